The fourth-order valence-corrected chi connectivity index (χ4v) is 0.790. The number of hydrogen-bond acceptors (Lipinski definition) is 4. The molecule has 4 nitrogen and oxygen atoms in total. The maximum atomic E-state index is 9.01. The number of hydrogen-bond donors (Lipinski definition) is 3. The van der Waals surface area contributed by atoms with Crippen molar-refractivity contribution in [1.82, 2.24) is 0 Å². The first-order valence-corrected chi connectivity index (χ1v) is 3.13. The number of benzene rings is 1. The average molecular weight is 154 g/mol. The molecule has 1 aromatic carbocycles. The molecule has 1 rings (SSSR count). The van der Waals surface area contributed by atoms with Gasteiger partial charge >= 0.3 is 0 Å². The van der Waals surface area contributed by atoms with Gasteiger partial charge in [0.05, 0.1) is 12.3 Å². The van der Waals surface area contributed by atoms with Gasteiger partial charge in [0, 0.05) is 0 Å². The van der Waals surface area contributed by atoms with E-state index in [2.05, 4.69) is 4.84 Å². The lowest BCUT2D eigenvalue weighted by Crippen LogP contribution is -1.99. The van der Waals surface area contributed by atoms with Crippen molar-refractivity contribution in [2.75, 3.05) is 5.73 Å². The van der Waals surface area contributed by atoms with E-state index >= 15 is 0 Å². The highest BCUT2D eigenvalue weighted by Crippen LogP contribution is 2.20. The molecule has 60 valence electrons. The van der Waals surface area contributed by atoms with Gasteiger partial charge in [0.15, 0.2) is 0 Å². The predicted molar refractivity (Wildman–Crippen MR) is 41.5 cm³/mol. The van der Waals surface area contributed by atoms with Gasteiger partial charge in [-0.05, 0) is 17.7 Å². The van der Waals surface area contributed by atoms with Crippen LogP contribution in [-0.2, 0) is 11.4 Å². The number of phenolic OH excluding ortho intramolecular Hbond substituents is 1. The molecule has 11 heavy (non-hydrogen) atoms. The van der Waals surface area contributed by atoms with E-state index in [0.717, 1.165) is 5.56 Å². The minimum Gasteiger partial charge on any atom is -0.506 e. The first kappa shape index (κ1) is 7.84. The van der Waals surface area contributed by atoms with Crippen molar-refractivity contribution in [1.29, 1.82) is 0 Å². The van der Waals surface area contributed by atoms with Crippen molar-refractivity contribution in [2.45, 2.75) is 6.61 Å². The van der Waals surface area contributed by atoms with Crippen molar-refractivity contribution < 1.29 is 9.94 Å². The molecule has 0 unspecified atom stereocenters. The van der Waals surface area contributed by atoms with E-state index in [0.29, 0.717) is 12.3 Å². The van der Waals surface area contributed by atoms with Crippen LogP contribution in [0.2, 0.25) is 0 Å². The number of nitrogens with two attached hydrogens (primary N) is 2. The smallest absolute Gasteiger partial charge is 0.138 e. The average Bonchev–Trinajstić information content (AvgIpc) is 1.98. The summed E-state index contributed by atoms with van der Waals surface area (Å²) in [6.45, 7) is 0.296. The minimum absolute atomic E-state index is 0.0748. The second kappa shape index (κ2) is 3.23. The van der Waals surface area contributed by atoms with E-state index in [1.807, 2.05) is 0 Å². The Morgan fingerprint density at radius 3 is 2.73 bits per heavy atom. The molecule has 1 aromatic rings. The summed E-state index contributed by atoms with van der Waals surface area (Å²) in [4.78, 5) is 4.39. The van der Waals surface area contributed by atoms with Gasteiger partial charge in [0.2, 0.25) is 0 Å². The first-order chi connectivity index (χ1) is 5.24. The Kier molecular flexibility index (Phi) is 2.30. The summed E-state index contributed by atoms with van der Waals surface area (Å²) in [5.41, 5.74) is 6.57. The zero-order valence-electron chi connectivity index (χ0n) is 5.95. The van der Waals surface area contributed by atoms with E-state index in [-0.39, 0.29) is 5.75 Å². The zero-order valence-corrected chi connectivity index (χ0v) is 5.95. The van der Waals surface area contributed by atoms with Gasteiger partial charge in [-0.3, -0.25) is 4.84 Å². The third kappa shape index (κ3) is 1.83. The molecule has 0 saturated heterocycles. The summed E-state index contributed by atoms with van der Waals surface area (Å²) in [7, 11) is 0. The highest BCUT2D eigenvalue weighted by atomic mass is 16.6. The van der Waals surface area contributed by atoms with Crippen molar-refractivity contribution in [3.8, 4) is 5.75 Å². The molecular weight excluding hydrogens is 144 g/mol. The van der Waals surface area contributed by atoms with E-state index in [9.17, 15) is 0 Å². The fourth-order valence-electron chi connectivity index (χ4n) is 0.790. The fraction of sp³-hybridized carbons (Fsp3) is 0.143. The Morgan fingerprint density at radius 2 is 2.18 bits per heavy atom. The van der Waals surface area contributed by atoms with Crippen molar-refractivity contribution in [3.05, 3.63) is 23.8 Å². The van der Waals surface area contributed by atoms with Crippen LogP contribution in [-0.4, -0.2) is 5.11 Å². The molecule has 5 N–H and O–H groups in total. The maximum absolute atomic E-state index is 9.01. The van der Waals surface area contributed by atoms with Gasteiger partial charge in [-0.1, -0.05) is 6.07 Å². The molecule has 0 saturated carbocycles. The van der Waals surface area contributed by atoms with Crippen LogP contribution in [0.15, 0.2) is 18.2 Å². The topological polar surface area (TPSA) is 81.5 Å². The molecule has 0 aliphatic heterocycles. The molecule has 0 spiro atoms. The molecule has 0 aromatic heterocycles. The van der Waals surface area contributed by atoms with E-state index in [4.69, 9.17) is 16.7 Å². The standard InChI is InChI=1S/C7H10N2O2/c8-6-3-5(4-11-9)1-2-7(6)10/h1-3,10H,4,8-9H2. The van der Waals surface area contributed by atoms with Gasteiger partial charge in [0.1, 0.15) is 5.75 Å². The zero-order chi connectivity index (χ0) is 8.27. The summed E-state index contributed by atoms with van der Waals surface area (Å²) in [6, 6.07) is 4.81. The van der Waals surface area contributed by atoms with Crippen molar-refractivity contribution in [2.24, 2.45) is 5.90 Å². The van der Waals surface area contributed by atoms with Crippen molar-refractivity contribution >= 4 is 5.69 Å². The SMILES string of the molecule is NOCc1ccc(O)c(N)c1. The highest BCUT2D eigenvalue weighted by molar-refractivity contribution is 5.53. The Morgan fingerprint density at radius 1 is 1.45 bits per heavy atom. The quantitative estimate of drug-likeness (QED) is 0.326. The molecule has 0 bridgehead atoms. The third-order valence-corrected chi connectivity index (χ3v) is 1.34. The molecule has 0 aliphatic carbocycles. The molecule has 0 heterocycles. The Bertz CT molecular complexity index is 250. The van der Waals surface area contributed by atoms with Crippen LogP contribution < -0.4 is 11.6 Å². The Hall–Kier alpha value is -1.26. The third-order valence-electron chi connectivity index (χ3n) is 1.34. The van der Waals surface area contributed by atoms with Crippen molar-refractivity contribution in [3.63, 3.8) is 0 Å². The van der Waals surface area contributed by atoms with Crippen LogP contribution in [0.25, 0.3) is 0 Å². The lowest BCUT2D eigenvalue weighted by Gasteiger charge is -2.01. The predicted octanol–water partition coefficient (Wildman–Crippen LogP) is 0.365. The van der Waals surface area contributed by atoms with Crippen LogP contribution in [0.4, 0.5) is 5.69 Å². The van der Waals surface area contributed by atoms with Crippen LogP contribution in [0.5, 0.6) is 5.75 Å². The summed E-state index contributed by atoms with van der Waals surface area (Å²) in [5.74, 6) is 4.92. The monoisotopic (exact) mass is 154 g/mol. The molecule has 0 fully saturated rings. The van der Waals surface area contributed by atoms with Crippen LogP contribution in [0.1, 0.15) is 5.56 Å². The van der Waals surface area contributed by atoms with Gasteiger partial charge in [-0.25, -0.2) is 5.90 Å². The molecule has 0 atom stereocenters. The number of phenols is 1. The lowest BCUT2D eigenvalue weighted by molar-refractivity contribution is 0.124. The second-order valence-corrected chi connectivity index (χ2v) is 2.20. The molecule has 0 amide bonds. The number of nitrogen functional groups attached to an aromatic ring is 1. The largest absolute Gasteiger partial charge is 0.506 e. The van der Waals surface area contributed by atoms with Gasteiger partial charge < -0.3 is 10.8 Å². The summed E-state index contributed by atoms with van der Waals surface area (Å²) in [5, 5.41) is 9.01. The van der Waals surface area contributed by atoms with E-state index in [1.165, 1.54) is 6.07 Å². The second-order valence-electron chi connectivity index (χ2n) is 2.20. The van der Waals surface area contributed by atoms with Crippen LogP contribution in [0.3, 0.4) is 0 Å². The maximum Gasteiger partial charge on any atom is 0.138 e. The first-order valence-electron chi connectivity index (χ1n) is 3.13. The minimum atomic E-state index is 0.0748. The Balaban J connectivity index is 2.86. The lowest BCUT2D eigenvalue weighted by atomic mass is 10.2. The van der Waals surface area contributed by atoms with Crippen LogP contribution >= 0.6 is 0 Å². The van der Waals surface area contributed by atoms with E-state index in [1.54, 1.807) is 12.1 Å². The summed E-state index contributed by atoms with van der Waals surface area (Å²) in [6.07, 6.45) is 0. The summed E-state index contributed by atoms with van der Waals surface area (Å²) >= 11 is 0. The molecule has 0 radical (unpaired) electrons. The Labute approximate surface area is 64.3 Å². The normalized spacial score (nSPS) is 9.91. The van der Waals surface area contributed by atoms with Gasteiger partial charge in [-0.15, -0.1) is 0 Å². The molecule has 4 heteroatoms. The number of aromatic hydroxyl groups is 1. The van der Waals surface area contributed by atoms with Gasteiger partial charge in [0.25, 0.3) is 0 Å². The molecular formula is C7H10N2O2. The molecule has 0 aliphatic rings. The van der Waals surface area contributed by atoms with Gasteiger partial charge in [-0.2, -0.15) is 0 Å². The highest BCUT2D eigenvalue weighted by Gasteiger charge is 1.97. The summed E-state index contributed by atoms with van der Waals surface area (Å²) < 4.78 is 0. The van der Waals surface area contributed by atoms with Crippen LogP contribution in [0, 0.1) is 0 Å². The number of anilines is 1. The number of rotatable bonds is 2. The van der Waals surface area contributed by atoms with E-state index < -0.39 is 0 Å².